The molecule has 0 saturated heterocycles. The molecule has 0 aliphatic rings. The third kappa shape index (κ3) is 2.22. The fourth-order valence-electron chi connectivity index (χ4n) is 1.43. The molecule has 1 aromatic heterocycles. The third-order valence-corrected chi connectivity index (χ3v) is 2.80. The summed E-state index contributed by atoms with van der Waals surface area (Å²) in [5, 5.41) is 4.56. The average Bonchev–Trinajstić information content (AvgIpc) is 2.75. The Kier molecular flexibility index (Phi) is 3.19. The molecule has 0 atom stereocenters. The smallest absolute Gasteiger partial charge is 0.173 e. The van der Waals surface area contributed by atoms with Crippen molar-refractivity contribution in [3.63, 3.8) is 0 Å². The first-order chi connectivity index (χ1) is 7.70. The van der Waals surface area contributed by atoms with E-state index in [0.29, 0.717) is 10.9 Å². The van der Waals surface area contributed by atoms with Crippen molar-refractivity contribution in [3.8, 4) is 5.69 Å². The van der Waals surface area contributed by atoms with Crippen LogP contribution in [0.15, 0.2) is 36.7 Å². The standard InChI is InChI=1S/C12H11BrN2O/c1-9-7-14-15(8-9)11-4-2-10(3-5-11)12(16)6-13/h2-5,7-8H,6H2,1H3. The maximum Gasteiger partial charge on any atom is 0.173 e. The zero-order valence-electron chi connectivity index (χ0n) is 8.85. The summed E-state index contributed by atoms with van der Waals surface area (Å²) in [5.41, 5.74) is 2.78. The van der Waals surface area contributed by atoms with Gasteiger partial charge in [-0.2, -0.15) is 5.10 Å². The van der Waals surface area contributed by atoms with Gasteiger partial charge in [-0.25, -0.2) is 4.68 Å². The molecule has 0 saturated carbocycles. The van der Waals surface area contributed by atoms with E-state index in [1.54, 1.807) is 10.9 Å². The lowest BCUT2D eigenvalue weighted by atomic mass is 10.1. The highest BCUT2D eigenvalue weighted by Gasteiger charge is 2.04. The van der Waals surface area contributed by atoms with Crippen LogP contribution in [0, 0.1) is 6.92 Å². The largest absolute Gasteiger partial charge is 0.293 e. The summed E-state index contributed by atoms with van der Waals surface area (Å²) in [4.78, 5) is 11.4. The molecule has 0 N–H and O–H groups in total. The molecule has 2 aromatic rings. The fraction of sp³-hybridized carbons (Fsp3) is 0.167. The second kappa shape index (κ2) is 4.61. The van der Waals surface area contributed by atoms with Crippen LogP contribution in [-0.2, 0) is 0 Å². The minimum absolute atomic E-state index is 0.0863. The molecule has 0 bridgehead atoms. The van der Waals surface area contributed by atoms with Crippen LogP contribution < -0.4 is 0 Å². The molecule has 82 valence electrons. The highest BCUT2D eigenvalue weighted by atomic mass is 79.9. The summed E-state index contributed by atoms with van der Waals surface area (Å²) in [6.45, 7) is 1.99. The Hall–Kier alpha value is -1.42. The van der Waals surface area contributed by atoms with Gasteiger partial charge in [-0.3, -0.25) is 4.79 Å². The van der Waals surface area contributed by atoms with Crippen molar-refractivity contribution in [3.05, 3.63) is 47.8 Å². The zero-order chi connectivity index (χ0) is 11.5. The van der Waals surface area contributed by atoms with Gasteiger partial charge >= 0.3 is 0 Å². The monoisotopic (exact) mass is 278 g/mol. The van der Waals surface area contributed by atoms with Crippen LogP contribution in [0.25, 0.3) is 5.69 Å². The summed E-state index contributed by atoms with van der Waals surface area (Å²) >= 11 is 3.15. The van der Waals surface area contributed by atoms with E-state index in [1.165, 1.54) is 0 Å². The first-order valence-corrected chi connectivity index (χ1v) is 6.04. The average molecular weight is 279 g/mol. The van der Waals surface area contributed by atoms with Gasteiger partial charge in [0.15, 0.2) is 5.78 Å². The van der Waals surface area contributed by atoms with Gasteiger partial charge in [0.05, 0.1) is 17.2 Å². The Labute approximate surface area is 102 Å². The lowest BCUT2D eigenvalue weighted by Gasteiger charge is -2.02. The molecule has 0 aliphatic heterocycles. The number of ketones is 1. The first kappa shape index (κ1) is 11.1. The molecule has 4 heteroatoms. The van der Waals surface area contributed by atoms with Crippen LogP contribution in [0.1, 0.15) is 15.9 Å². The number of carbonyl (C=O) groups is 1. The molecular weight excluding hydrogens is 268 g/mol. The van der Waals surface area contributed by atoms with E-state index in [4.69, 9.17) is 0 Å². The molecule has 0 unspecified atom stereocenters. The van der Waals surface area contributed by atoms with Gasteiger partial charge in [0.25, 0.3) is 0 Å². The van der Waals surface area contributed by atoms with Gasteiger partial charge in [-0.1, -0.05) is 15.9 Å². The number of hydrogen-bond acceptors (Lipinski definition) is 2. The lowest BCUT2D eigenvalue weighted by Crippen LogP contribution is -2.00. The van der Waals surface area contributed by atoms with Crippen LogP contribution in [0.3, 0.4) is 0 Å². The number of rotatable bonds is 3. The summed E-state index contributed by atoms with van der Waals surface area (Å²) in [7, 11) is 0. The summed E-state index contributed by atoms with van der Waals surface area (Å²) < 4.78 is 1.79. The third-order valence-electron chi connectivity index (χ3n) is 2.29. The summed E-state index contributed by atoms with van der Waals surface area (Å²) in [5.74, 6) is 0.0863. The zero-order valence-corrected chi connectivity index (χ0v) is 10.4. The minimum Gasteiger partial charge on any atom is -0.293 e. The fourth-order valence-corrected chi connectivity index (χ4v) is 1.75. The lowest BCUT2D eigenvalue weighted by molar-refractivity contribution is 0.102. The molecule has 0 radical (unpaired) electrons. The number of aryl methyl sites for hydroxylation is 1. The number of aromatic nitrogens is 2. The van der Waals surface area contributed by atoms with Gasteiger partial charge in [-0.05, 0) is 36.8 Å². The van der Waals surface area contributed by atoms with Crippen molar-refractivity contribution >= 4 is 21.7 Å². The van der Waals surface area contributed by atoms with E-state index in [9.17, 15) is 4.79 Å². The van der Waals surface area contributed by atoms with Gasteiger partial charge in [0.2, 0.25) is 0 Å². The van der Waals surface area contributed by atoms with E-state index in [-0.39, 0.29) is 5.78 Å². The predicted molar refractivity (Wildman–Crippen MR) is 66.4 cm³/mol. The van der Waals surface area contributed by atoms with E-state index >= 15 is 0 Å². The van der Waals surface area contributed by atoms with Crippen molar-refractivity contribution < 1.29 is 4.79 Å². The van der Waals surface area contributed by atoms with E-state index < -0.39 is 0 Å². The van der Waals surface area contributed by atoms with Crippen molar-refractivity contribution in [2.45, 2.75) is 6.92 Å². The quantitative estimate of drug-likeness (QED) is 0.639. The number of benzene rings is 1. The van der Waals surface area contributed by atoms with Crippen LogP contribution in [0.5, 0.6) is 0 Å². The molecular formula is C12H11BrN2O. The highest BCUT2D eigenvalue weighted by Crippen LogP contribution is 2.11. The maximum absolute atomic E-state index is 11.4. The van der Waals surface area contributed by atoms with E-state index in [1.807, 2.05) is 37.4 Å². The molecule has 3 nitrogen and oxygen atoms in total. The molecule has 2 rings (SSSR count). The summed E-state index contributed by atoms with van der Waals surface area (Å²) in [6.07, 6.45) is 3.75. The van der Waals surface area contributed by atoms with Crippen LogP contribution in [0.2, 0.25) is 0 Å². The van der Waals surface area contributed by atoms with Crippen molar-refractivity contribution in [2.75, 3.05) is 5.33 Å². The minimum atomic E-state index is 0.0863. The summed E-state index contributed by atoms with van der Waals surface area (Å²) in [6, 6.07) is 7.41. The first-order valence-electron chi connectivity index (χ1n) is 4.91. The van der Waals surface area contributed by atoms with Gasteiger partial charge in [0, 0.05) is 11.8 Å². The molecule has 1 heterocycles. The number of alkyl halides is 1. The molecule has 1 aromatic carbocycles. The van der Waals surface area contributed by atoms with Crippen LogP contribution in [0.4, 0.5) is 0 Å². The van der Waals surface area contributed by atoms with Crippen LogP contribution in [-0.4, -0.2) is 20.9 Å². The number of nitrogens with zero attached hydrogens (tertiary/aromatic N) is 2. The second-order valence-electron chi connectivity index (χ2n) is 3.57. The Morgan fingerprint density at radius 1 is 1.38 bits per heavy atom. The Balaban J connectivity index is 2.29. The Bertz CT molecular complexity index is 502. The van der Waals surface area contributed by atoms with Gasteiger partial charge in [-0.15, -0.1) is 0 Å². The maximum atomic E-state index is 11.4. The highest BCUT2D eigenvalue weighted by molar-refractivity contribution is 9.09. The molecule has 16 heavy (non-hydrogen) atoms. The molecule has 0 spiro atoms. The van der Waals surface area contributed by atoms with E-state index in [0.717, 1.165) is 11.3 Å². The number of halogens is 1. The molecule has 0 amide bonds. The number of carbonyl (C=O) groups excluding carboxylic acids is 1. The molecule has 0 fully saturated rings. The van der Waals surface area contributed by atoms with Crippen molar-refractivity contribution in [1.29, 1.82) is 0 Å². The van der Waals surface area contributed by atoms with E-state index in [2.05, 4.69) is 21.0 Å². The SMILES string of the molecule is Cc1cnn(-c2ccc(C(=O)CBr)cc2)c1. The van der Waals surface area contributed by atoms with Gasteiger partial charge < -0.3 is 0 Å². The Morgan fingerprint density at radius 2 is 2.06 bits per heavy atom. The van der Waals surface area contributed by atoms with Crippen molar-refractivity contribution in [1.82, 2.24) is 9.78 Å². The van der Waals surface area contributed by atoms with Gasteiger partial charge in [0.1, 0.15) is 0 Å². The topological polar surface area (TPSA) is 34.9 Å². The number of hydrogen-bond donors (Lipinski definition) is 0. The second-order valence-corrected chi connectivity index (χ2v) is 4.13. The Morgan fingerprint density at radius 3 is 2.56 bits per heavy atom. The normalized spacial score (nSPS) is 10.4. The van der Waals surface area contributed by atoms with Crippen molar-refractivity contribution in [2.24, 2.45) is 0 Å². The number of Topliss-reactive ketones (excluding diaryl/α,β-unsaturated/α-hetero) is 1. The van der Waals surface area contributed by atoms with Crippen LogP contribution >= 0.6 is 15.9 Å². The molecule has 0 aliphatic carbocycles. The predicted octanol–water partition coefficient (Wildman–Crippen LogP) is 2.76.